The van der Waals surface area contributed by atoms with Crippen LogP contribution < -0.4 is 10.2 Å². The van der Waals surface area contributed by atoms with Crippen molar-refractivity contribution in [2.75, 3.05) is 29.9 Å². The lowest BCUT2D eigenvalue weighted by Crippen LogP contribution is -2.19. The molecule has 0 bridgehead atoms. The predicted octanol–water partition coefficient (Wildman–Crippen LogP) is 2.39. The molecule has 1 aromatic carbocycles. The SMILES string of the molecule is Fc1cc2c(cc1N1CCCC1)CCN2. The topological polar surface area (TPSA) is 15.3 Å². The number of benzene rings is 1. The van der Waals surface area contributed by atoms with E-state index in [-0.39, 0.29) is 5.82 Å². The van der Waals surface area contributed by atoms with Crippen LogP contribution >= 0.6 is 0 Å². The van der Waals surface area contributed by atoms with Gasteiger partial charge >= 0.3 is 0 Å². The van der Waals surface area contributed by atoms with Crippen LogP contribution in [0.25, 0.3) is 0 Å². The normalized spacial score (nSPS) is 19.1. The van der Waals surface area contributed by atoms with Gasteiger partial charge in [-0.1, -0.05) is 0 Å². The number of hydrogen-bond donors (Lipinski definition) is 1. The summed E-state index contributed by atoms with van der Waals surface area (Å²) in [5, 5.41) is 3.20. The Morgan fingerprint density at radius 3 is 2.80 bits per heavy atom. The summed E-state index contributed by atoms with van der Waals surface area (Å²) in [6.07, 6.45) is 3.40. The number of nitrogens with one attached hydrogen (secondary N) is 1. The minimum Gasteiger partial charge on any atom is -0.384 e. The molecule has 0 aromatic heterocycles. The van der Waals surface area contributed by atoms with E-state index in [1.54, 1.807) is 6.07 Å². The quantitative estimate of drug-likeness (QED) is 0.759. The Labute approximate surface area is 89.1 Å². The highest BCUT2D eigenvalue weighted by Crippen LogP contribution is 2.31. The average molecular weight is 206 g/mol. The number of anilines is 2. The largest absolute Gasteiger partial charge is 0.384 e. The van der Waals surface area contributed by atoms with Gasteiger partial charge in [0, 0.05) is 25.3 Å². The molecule has 0 spiro atoms. The minimum atomic E-state index is -0.0787. The molecule has 80 valence electrons. The van der Waals surface area contributed by atoms with Crippen LogP contribution in [0.4, 0.5) is 15.8 Å². The number of fused-ring (bicyclic) bond motifs is 1. The first-order valence-electron chi connectivity index (χ1n) is 5.66. The van der Waals surface area contributed by atoms with Crippen molar-refractivity contribution in [1.82, 2.24) is 0 Å². The van der Waals surface area contributed by atoms with Crippen LogP contribution in [0.2, 0.25) is 0 Å². The van der Waals surface area contributed by atoms with Gasteiger partial charge in [0.05, 0.1) is 5.69 Å². The smallest absolute Gasteiger partial charge is 0.148 e. The van der Waals surface area contributed by atoms with Gasteiger partial charge in [-0.05, 0) is 37.0 Å². The van der Waals surface area contributed by atoms with Crippen molar-refractivity contribution in [2.24, 2.45) is 0 Å². The molecular weight excluding hydrogens is 191 g/mol. The Balaban J connectivity index is 2.00. The molecule has 0 amide bonds. The summed E-state index contributed by atoms with van der Waals surface area (Å²) in [6.45, 7) is 2.95. The van der Waals surface area contributed by atoms with Crippen molar-refractivity contribution < 1.29 is 4.39 Å². The highest BCUT2D eigenvalue weighted by Gasteiger charge is 2.20. The summed E-state index contributed by atoms with van der Waals surface area (Å²) < 4.78 is 13.8. The van der Waals surface area contributed by atoms with E-state index in [1.807, 2.05) is 6.07 Å². The van der Waals surface area contributed by atoms with Crippen molar-refractivity contribution in [2.45, 2.75) is 19.3 Å². The first-order chi connectivity index (χ1) is 7.34. The van der Waals surface area contributed by atoms with Crippen LogP contribution in [0.15, 0.2) is 12.1 Å². The van der Waals surface area contributed by atoms with Gasteiger partial charge in [0.15, 0.2) is 0 Å². The van der Waals surface area contributed by atoms with Crippen LogP contribution in [0, 0.1) is 5.82 Å². The predicted molar refractivity (Wildman–Crippen MR) is 60.0 cm³/mol. The van der Waals surface area contributed by atoms with Crippen molar-refractivity contribution in [3.8, 4) is 0 Å². The van der Waals surface area contributed by atoms with E-state index in [0.717, 1.165) is 37.4 Å². The molecular formula is C12H15FN2. The fraction of sp³-hybridized carbons (Fsp3) is 0.500. The molecule has 3 rings (SSSR count). The summed E-state index contributed by atoms with van der Waals surface area (Å²) in [7, 11) is 0. The van der Waals surface area contributed by atoms with Crippen LogP contribution in [-0.4, -0.2) is 19.6 Å². The number of nitrogens with zero attached hydrogens (tertiary/aromatic N) is 1. The van der Waals surface area contributed by atoms with E-state index < -0.39 is 0 Å². The lowest BCUT2D eigenvalue weighted by Gasteiger charge is -2.19. The van der Waals surface area contributed by atoms with E-state index in [4.69, 9.17) is 0 Å². The highest BCUT2D eigenvalue weighted by atomic mass is 19.1. The fourth-order valence-corrected chi connectivity index (χ4v) is 2.51. The molecule has 0 radical (unpaired) electrons. The van der Waals surface area contributed by atoms with Crippen LogP contribution in [0.1, 0.15) is 18.4 Å². The van der Waals surface area contributed by atoms with Gasteiger partial charge in [0.25, 0.3) is 0 Å². The van der Waals surface area contributed by atoms with Gasteiger partial charge in [0.2, 0.25) is 0 Å². The Morgan fingerprint density at radius 2 is 2.00 bits per heavy atom. The second-order valence-corrected chi connectivity index (χ2v) is 4.33. The summed E-state index contributed by atoms with van der Waals surface area (Å²) in [6, 6.07) is 3.67. The van der Waals surface area contributed by atoms with E-state index in [9.17, 15) is 4.39 Å². The third-order valence-electron chi connectivity index (χ3n) is 3.33. The van der Waals surface area contributed by atoms with Gasteiger partial charge < -0.3 is 10.2 Å². The zero-order valence-electron chi connectivity index (χ0n) is 8.72. The van der Waals surface area contributed by atoms with Crippen molar-refractivity contribution in [3.63, 3.8) is 0 Å². The Hall–Kier alpha value is -1.25. The van der Waals surface area contributed by atoms with Crippen LogP contribution in [0.3, 0.4) is 0 Å². The number of rotatable bonds is 1. The monoisotopic (exact) mass is 206 g/mol. The maximum atomic E-state index is 13.8. The van der Waals surface area contributed by atoms with Gasteiger partial charge in [-0.15, -0.1) is 0 Å². The molecule has 1 saturated heterocycles. The molecule has 15 heavy (non-hydrogen) atoms. The molecule has 1 aromatic rings. The highest BCUT2D eigenvalue weighted by molar-refractivity contribution is 5.64. The molecule has 1 N–H and O–H groups in total. The number of halogens is 1. The lowest BCUT2D eigenvalue weighted by atomic mass is 10.1. The molecule has 0 unspecified atom stereocenters. The Morgan fingerprint density at radius 1 is 1.20 bits per heavy atom. The Kier molecular flexibility index (Phi) is 2.04. The maximum Gasteiger partial charge on any atom is 0.148 e. The van der Waals surface area contributed by atoms with E-state index in [1.165, 1.54) is 18.4 Å². The molecule has 2 nitrogen and oxygen atoms in total. The van der Waals surface area contributed by atoms with Gasteiger partial charge in [-0.3, -0.25) is 0 Å². The molecule has 2 aliphatic heterocycles. The van der Waals surface area contributed by atoms with Crippen molar-refractivity contribution in [1.29, 1.82) is 0 Å². The molecule has 3 heteroatoms. The minimum absolute atomic E-state index is 0.0787. The summed E-state index contributed by atoms with van der Waals surface area (Å²) in [5.41, 5.74) is 3.05. The lowest BCUT2D eigenvalue weighted by molar-refractivity contribution is 0.623. The molecule has 0 saturated carbocycles. The average Bonchev–Trinajstić information content (AvgIpc) is 2.85. The summed E-state index contributed by atoms with van der Waals surface area (Å²) >= 11 is 0. The van der Waals surface area contributed by atoms with Gasteiger partial charge in [-0.25, -0.2) is 4.39 Å². The van der Waals surface area contributed by atoms with E-state index in [2.05, 4.69) is 10.2 Å². The number of hydrogen-bond acceptors (Lipinski definition) is 2. The molecule has 0 atom stereocenters. The zero-order chi connectivity index (χ0) is 10.3. The summed E-state index contributed by atoms with van der Waals surface area (Å²) in [4.78, 5) is 2.16. The fourth-order valence-electron chi connectivity index (χ4n) is 2.51. The third-order valence-corrected chi connectivity index (χ3v) is 3.33. The van der Waals surface area contributed by atoms with Crippen molar-refractivity contribution >= 4 is 11.4 Å². The van der Waals surface area contributed by atoms with Crippen molar-refractivity contribution in [3.05, 3.63) is 23.5 Å². The first kappa shape index (κ1) is 9.01. The molecule has 2 aliphatic rings. The maximum absolute atomic E-state index is 13.8. The third kappa shape index (κ3) is 1.46. The van der Waals surface area contributed by atoms with E-state index >= 15 is 0 Å². The first-order valence-corrected chi connectivity index (χ1v) is 5.66. The van der Waals surface area contributed by atoms with E-state index in [0.29, 0.717) is 0 Å². The van der Waals surface area contributed by atoms with Crippen LogP contribution in [0.5, 0.6) is 0 Å². The van der Waals surface area contributed by atoms with Crippen LogP contribution in [-0.2, 0) is 6.42 Å². The van der Waals surface area contributed by atoms with Gasteiger partial charge in [0.1, 0.15) is 5.82 Å². The standard InChI is InChI=1S/C12H15FN2/c13-10-8-11-9(3-4-14-11)7-12(10)15-5-1-2-6-15/h7-8,14H,1-6H2. The zero-order valence-corrected chi connectivity index (χ0v) is 8.72. The molecule has 0 aliphatic carbocycles. The summed E-state index contributed by atoms with van der Waals surface area (Å²) in [5.74, 6) is -0.0787. The van der Waals surface area contributed by atoms with Gasteiger partial charge in [-0.2, -0.15) is 0 Å². The Bertz CT molecular complexity index is 383. The molecule has 1 fully saturated rings. The second-order valence-electron chi connectivity index (χ2n) is 4.33. The molecule has 2 heterocycles. The second kappa shape index (κ2) is 3.40.